The van der Waals surface area contributed by atoms with E-state index in [0.29, 0.717) is 0 Å². The predicted molar refractivity (Wildman–Crippen MR) is 55.3 cm³/mol. The average Bonchev–Trinajstić information content (AvgIpc) is 2.16. The van der Waals surface area contributed by atoms with E-state index in [0.717, 1.165) is 26.0 Å². The number of nitrogens with zero attached hydrogens (tertiary/aromatic N) is 1. The van der Waals surface area contributed by atoms with E-state index < -0.39 is 0 Å². The van der Waals surface area contributed by atoms with Crippen LogP contribution in [0.3, 0.4) is 0 Å². The molecule has 4 nitrogen and oxygen atoms in total. The summed E-state index contributed by atoms with van der Waals surface area (Å²) >= 11 is 0. The second kappa shape index (κ2) is 5.20. The molecule has 0 aromatic heterocycles. The number of nitrogens with one attached hydrogen (secondary N) is 1. The second-order valence-electron chi connectivity index (χ2n) is 3.87. The Morgan fingerprint density at radius 2 is 2.36 bits per heavy atom. The zero-order chi connectivity index (χ0) is 10.6. The van der Waals surface area contributed by atoms with Crippen molar-refractivity contribution in [3.8, 4) is 0 Å². The van der Waals surface area contributed by atoms with Crippen molar-refractivity contribution in [1.82, 2.24) is 10.2 Å². The quantitative estimate of drug-likeness (QED) is 0.728. The highest BCUT2D eigenvalue weighted by molar-refractivity contribution is 5.74. The molecule has 1 saturated heterocycles. The molecule has 2 atom stereocenters. The van der Waals surface area contributed by atoms with Gasteiger partial charge in [0.05, 0.1) is 6.10 Å². The Morgan fingerprint density at radius 1 is 1.64 bits per heavy atom. The summed E-state index contributed by atoms with van der Waals surface area (Å²) in [4.78, 5) is 13.2. The molecule has 4 heteroatoms. The largest absolute Gasteiger partial charge is 0.378 e. The van der Waals surface area contributed by atoms with E-state index in [2.05, 4.69) is 5.32 Å². The molecular weight excluding hydrogens is 180 g/mol. The number of carbonyl (C=O) groups is 1. The fourth-order valence-corrected chi connectivity index (χ4v) is 1.56. The molecule has 0 saturated carbocycles. The van der Waals surface area contributed by atoms with Crippen LogP contribution in [-0.2, 0) is 4.74 Å². The Morgan fingerprint density at radius 3 is 2.93 bits per heavy atom. The molecule has 2 amide bonds. The zero-order valence-corrected chi connectivity index (χ0v) is 9.25. The molecule has 1 N–H and O–H groups in total. The SMILES string of the molecule is CCN(C)C(=O)NC1CCOC(C)C1. The summed E-state index contributed by atoms with van der Waals surface area (Å²) in [5, 5.41) is 3.01. The normalized spacial score (nSPS) is 27.1. The summed E-state index contributed by atoms with van der Waals surface area (Å²) in [6.45, 7) is 5.50. The lowest BCUT2D eigenvalue weighted by Gasteiger charge is -2.29. The van der Waals surface area contributed by atoms with Crippen LogP contribution in [0.1, 0.15) is 26.7 Å². The minimum Gasteiger partial charge on any atom is -0.378 e. The number of ether oxygens (including phenoxy) is 1. The molecule has 1 heterocycles. The van der Waals surface area contributed by atoms with Crippen LogP contribution in [-0.4, -0.2) is 43.3 Å². The fraction of sp³-hybridized carbons (Fsp3) is 0.900. The van der Waals surface area contributed by atoms with E-state index in [1.165, 1.54) is 0 Å². The van der Waals surface area contributed by atoms with Gasteiger partial charge < -0.3 is 15.0 Å². The van der Waals surface area contributed by atoms with Crippen LogP contribution in [0.25, 0.3) is 0 Å². The standard InChI is InChI=1S/C10H20N2O2/c1-4-12(3)10(13)11-9-5-6-14-8(2)7-9/h8-9H,4-7H2,1-3H3,(H,11,13). The summed E-state index contributed by atoms with van der Waals surface area (Å²) in [5.41, 5.74) is 0. The molecule has 0 spiro atoms. The van der Waals surface area contributed by atoms with E-state index in [4.69, 9.17) is 4.74 Å². The lowest BCUT2D eigenvalue weighted by molar-refractivity contribution is 0.0147. The lowest BCUT2D eigenvalue weighted by Crippen LogP contribution is -2.46. The van der Waals surface area contributed by atoms with Crippen molar-refractivity contribution in [1.29, 1.82) is 0 Å². The number of urea groups is 1. The van der Waals surface area contributed by atoms with Gasteiger partial charge in [0, 0.05) is 26.2 Å². The molecule has 1 aliphatic heterocycles. The average molecular weight is 200 g/mol. The summed E-state index contributed by atoms with van der Waals surface area (Å²) in [6, 6.07) is 0.298. The van der Waals surface area contributed by atoms with Gasteiger partial charge in [-0.1, -0.05) is 0 Å². The van der Waals surface area contributed by atoms with Crippen LogP contribution in [0, 0.1) is 0 Å². The Labute approximate surface area is 85.6 Å². The summed E-state index contributed by atoms with van der Waals surface area (Å²) < 4.78 is 5.41. The van der Waals surface area contributed by atoms with Gasteiger partial charge in [0.25, 0.3) is 0 Å². The van der Waals surface area contributed by atoms with Gasteiger partial charge >= 0.3 is 6.03 Å². The zero-order valence-electron chi connectivity index (χ0n) is 9.25. The maximum Gasteiger partial charge on any atom is 0.317 e. The fourth-order valence-electron chi connectivity index (χ4n) is 1.56. The maximum atomic E-state index is 11.5. The number of amides is 2. The first-order valence-electron chi connectivity index (χ1n) is 5.26. The van der Waals surface area contributed by atoms with Crippen LogP contribution in [0.5, 0.6) is 0 Å². The van der Waals surface area contributed by atoms with E-state index in [9.17, 15) is 4.79 Å². The van der Waals surface area contributed by atoms with Crippen LogP contribution in [0.15, 0.2) is 0 Å². The Balaban J connectivity index is 2.32. The van der Waals surface area contributed by atoms with Crippen LogP contribution >= 0.6 is 0 Å². The number of hydrogen-bond donors (Lipinski definition) is 1. The van der Waals surface area contributed by atoms with E-state index in [-0.39, 0.29) is 18.2 Å². The van der Waals surface area contributed by atoms with Crippen molar-refractivity contribution in [3.63, 3.8) is 0 Å². The summed E-state index contributed by atoms with van der Waals surface area (Å²) in [7, 11) is 1.80. The molecule has 0 radical (unpaired) electrons. The predicted octanol–water partition coefficient (Wildman–Crippen LogP) is 1.22. The maximum absolute atomic E-state index is 11.5. The molecule has 0 aromatic carbocycles. The molecule has 82 valence electrons. The van der Waals surface area contributed by atoms with Gasteiger partial charge in [0.15, 0.2) is 0 Å². The minimum absolute atomic E-state index is 0.0200. The lowest BCUT2D eigenvalue weighted by atomic mass is 10.0. The van der Waals surface area contributed by atoms with Gasteiger partial charge in [-0.2, -0.15) is 0 Å². The molecule has 1 fully saturated rings. The van der Waals surface area contributed by atoms with Crippen molar-refractivity contribution >= 4 is 6.03 Å². The Hall–Kier alpha value is -0.770. The number of hydrogen-bond acceptors (Lipinski definition) is 2. The molecule has 1 aliphatic rings. The molecular formula is C10H20N2O2. The summed E-state index contributed by atoms with van der Waals surface area (Å²) in [6.07, 6.45) is 2.11. The van der Waals surface area contributed by atoms with Crippen molar-refractivity contribution in [2.75, 3.05) is 20.2 Å². The van der Waals surface area contributed by atoms with E-state index >= 15 is 0 Å². The highest BCUT2D eigenvalue weighted by Gasteiger charge is 2.21. The topological polar surface area (TPSA) is 41.6 Å². The van der Waals surface area contributed by atoms with E-state index in [1.54, 1.807) is 11.9 Å². The van der Waals surface area contributed by atoms with Gasteiger partial charge in [-0.3, -0.25) is 0 Å². The molecule has 2 unspecified atom stereocenters. The third-order valence-electron chi connectivity index (χ3n) is 2.63. The summed E-state index contributed by atoms with van der Waals surface area (Å²) in [5.74, 6) is 0. The highest BCUT2D eigenvalue weighted by atomic mass is 16.5. The minimum atomic E-state index is 0.0200. The van der Waals surface area contributed by atoms with Gasteiger partial charge in [0.1, 0.15) is 0 Å². The highest BCUT2D eigenvalue weighted by Crippen LogP contribution is 2.13. The first-order chi connectivity index (χ1) is 6.63. The number of rotatable bonds is 2. The van der Waals surface area contributed by atoms with Crippen molar-refractivity contribution in [3.05, 3.63) is 0 Å². The van der Waals surface area contributed by atoms with Gasteiger partial charge in [-0.25, -0.2) is 4.79 Å². The third-order valence-corrected chi connectivity index (χ3v) is 2.63. The van der Waals surface area contributed by atoms with Crippen molar-refractivity contribution in [2.45, 2.75) is 38.8 Å². The third kappa shape index (κ3) is 3.18. The van der Waals surface area contributed by atoms with E-state index in [1.807, 2.05) is 13.8 Å². The van der Waals surface area contributed by atoms with Gasteiger partial charge in [0.2, 0.25) is 0 Å². The Kier molecular flexibility index (Phi) is 4.20. The monoisotopic (exact) mass is 200 g/mol. The Bertz CT molecular complexity index is 197. The van der Waals surface area contributed by atoms with Gasteiger partial charge in [-0.15, -0.1) is 0 Å². The smallest absolute Gasteiger partial charge is 0.317 e. The second-order valence-corrected chi connectivity index (χ2v) is 3.87. The molecule has 0 aliphatic carbocycles. The van der Waals surface area contributed by atoms with Gasteiger partial charge in [-0.05, 0) is 26.7 Å². The van der Waals surface area contributed by atoms with Crippen LogP contribution in [0.2, 0.25) is 0 Å². The van der Waals surface area contributed by atoms with Crippen LogP contribution in [0.4, 0.5) is 4.79 Å². The van der Waals surface area contributed by atoms with Crippen LogP contribution < -0.4 is 5.32 Å². The first kappa shape index (κ1) is 11.3. The molecule has 0 bridgehead atoms. The molecule has 0 aromatic rings. The van der Waals surface area contributed by atoms with Crippen molar-refractivity contribution < 1.29 is 9.53 Å². The first-order valence-corrected chi connectivity index (χ1v) is 5.26. The molecule has 14 heavy (non-hydrogen) atoms. The van der Waals surface area contributed by atoms with Crippen molar-refractivity contribution in [2.24, 2.45) is 0 Å². The number of carbonyl (C=O) groups excluding carboxylic acids is 1. The molecule has 1 rings (SSSR count).